The molecule has 0 saturated carbocycles. The Morgan fingerprint density at radius 2 is 1.56 bits per heavy atom. The lowest BCUT2D eigenvalue weighted by molar-refractivity contribution is 0.370. The molecule has 1 N–H and O–H groups in total. The van der Waals surface area contributed by atoms with E-state index in [4.69, 9.17) is 4.74 Å². The van der Waals surface area contributed by atoms with E-state index >= 15 is 0 Å². The predicted octanol–water partition coefficient (Wildman–Crippen LogP) is 3.75. The quantitative estimate of drug-likeness (QED) is 0.529. The number of hydrazone groups is 1. The second-order valence-electron chi connectivity index (χ2n) is 7.72. The average Bonchev–Trinajstić information content (AvgIpc) is 3.25. The molecule has 3 aromatic carbocycles. The number of halogens is 1. The first kappa shape index (κ1) is 23.7. The molecule has 0 aromatic heterocycles. The second kappa shape index (κ2) is 9.07. The molecule has 1 aliphatic rings. The van der Waals surface area contributed by atoms with Crippen molar-refractivity contribution < 1.29 is 26.0 Å². The lowest BCUT2D eigenvalue weighted by Crippen LogP contribution is -2.27. The molecule has 1 heterocycles. The molecule has 0 fully saturated rings. The number of rotatable bonds is 7. The van der Waals surface area contributed by atoms with Gasteiger partial charge in [-0.25, -0.2) is 12.8 Å². The molecular weight excluding hydrogens is 481 g/mol. The number of hydrogen-bond donors (Lipinski definition) is 1. The number of anilines is 1. The van der Waals surface area contributed by atoms with Crippen LogP contribution in [0, 0.1) is 5.82 Å². The Bertz CT molecular complexity index is 1420. The zero-order valence-electron chi connectivity index (χ0n) is 18.3. The van der Waals surface area contributed by atoms with Crippen molar-refractivity contribution in [3.8, 4) is 5.75 Å². The average molecular weight is 504 g/mol. The van der Waals surface area contributed by atoms with Crippen LogP contribution in [0.3, 0.4) is 0 Å². The summed E-state index contributed by atoms with van der Waals surface area (Å²) in [5.74, 6) is 0.0869. The van der Waals surface area contributed by atoms with Gasteiger partial charge in [0, 0.05) is 12.1 Å². The minimum Gasteiger partial charge on any atom is -0.497 e. The van der Waals surface area contributed by atoms with E-state index in [1.165, 1.54) is 12.1 Å². The van der Waals surface area contributed by atoms with Crippen LogP contribution in [0.1, 0.15) is 23.6 Å². The number of methoxy groups -OCH3 is 1. The number of nitrogens with zero attached hydrogens (tertiary/aromatic N) is 2. The van der Waals surface area contributed by atoms with Crippen molar-refractivity contribution in [1.29, 1.82) is 0 Å². The number of ether oxygens (including phenoxy) is 1. The van der Waals surface area contributed by atoms with Crippen LogP contribution in [0.5, 0.6) is 5.75 Å². The molecule has 1 aliphatic heterocycles. The van der Waals surface area contributed by atoms with E-state index in [0.29, 0.717) is 28.3 Å². The van der Waals surface area contributed by atoms with Gasteiger partial charge in [-0.2, -0.15) is 17.9 Å². The van der Waals surface area contributed by atoms with Crippen LogP contribution in [0.2, 0.25) is 0 Å². The lowest BCUT2D eigenvalue weighted by Gasteiger charge is -2.23. The minimum absolute atomic E-state index is 0.0786. The van der Waals surface area contributed by atoms with Gasteiger partial charge in [0.2, 0.25) is 10.0 Å². The van der Waals surface area contributed by atoms with Gasteiger partial charge in [-0.1, -0.05) is 24.3 Å². The summed E-state index contributed by atoms with van der Waals surface area (Å²) in [5.41, 5.74) is 2.25. The van der Waals surface area contributed by atoms with Crippen LogP contribution in [0.15, 0.2) is 82.8 Å². The van der Waals surface area contributed by atoms with Crippen molar-refractivity contribution in [2.45, 2.75) is 17.4 Å². The normalized spacial score (nSPS) is 16.3. The van der Waals surface area contributed by atoms with Crippen LogP contribution in [-0.4, -0.2) is 40.3 Å². The number of nitrogens with one attached hydrogen (secondary N) is 1. The topological polar surface area (TPSA) is 105 Å². The molecule has 0 bridgehead atoms. The largest absolute Gasteiger partial charge is 0.497 e. The minimum atomic E-state index is -4.09. The maximum Gasteiger partial charge on any atom is 0.279 e. The highest BCUT2D eigenvalue weighted by Crippen LogP contribution is 2.37. The molecule has 0 amide bonds. The molecule has 0 saturated heterocycles. The summed E-state index contributed by atoms with van der Waals surface area (Å²) >= 11 is 0. The van der Waals surface area contributed by atoms with Gasteiger partial charge in [0.15, 0.2) is 0 Å². The third-order valence-corrected chi connectivity index (χ3v) is 7.56. The standard InChI is InChI=1S/C23H22FN3O5S2/c1-32-20-11-5-17(6-12-20)23-15-22(16-3-9-19(10-4-16)26-33(2,28)29)25-27(23)34(30,31)21-13-7-18(24)8-14-21/h3-14,23,26H,15H2,1-2H3/t23-/m0/s1. The van der Waals surface area contributed by atoms with Gasteiger partial charge < -0.3 is 4.74 Å². The molecule has 3 aromatic rings. The summed E-state index contributed by atoms with van der Waals surface area (Å²) in [6, 6.07) is 17.5. The Morgan fingerprint density at radius 3 is 2.12 bits per heavy atom. The van der Waals surface area contributed by atoms with Gasteiger partial charge in [0.25, 0.3) is 10.0 Å². The fraction of sp³-hybridized carbons (Fsp3) is 0.174. The smallest absolute Gasteiger partial charge is 0.279 e. The molecule has 0 spiro atoms. The summed E-state index contributed by atoms with van der Waals surface area (Å²) in [7, 11) is -5.97. The van der Waals surface area contributed by atoms with Gasteiger partial charge in [0.1, 0.15) is 11.6 Å². The summed E-state index contributed by atoms with van der Waals surface area (Å²) in [6.07, 6.45) is 1.34. The van der Waals surface area contributed by atoms with E-state index in [9.17, 15) is 21.2 Å². The van der Waals surface area contributed by atoms with Crippen LogP contribution in [-0.2, 0) is 20.0 Å². The highest BCUT2D eigenvalue weighted by molar-refractivity contribution is 7.92. The van der Waals surface area contributed by atoms with E-state index in [-0.39, 0.29) is 11.3 Å². The van der Waals surface area contributed by atoms with Gasteiger partial charge in [-0.05, 0) is 59.7 Å². The number of benzene rings is 3. The molecule has 11 heteroatoms. The Hall–Kier alpha value is -3.44. The van der Waals surface area contributed by atoms with E-state index in [0.717, 1.165) is 22.8 Å². The highest BCUT2D eigenvalue weighted by atomic mass is 32.2. The van der Waals surface area contributed by atoms with Gasteiger partial charge >= 0.3 is 0 Å². The van der Waals surface area contributed by atoms with Crippen molar-refractivity contribution in [2.75, 3.05) is 18.1 Å². The lowest BCUT2D eigenvalue weighted by atomic mass is 9.99. The number of sulfonamides is 2. The van der Waals surface area contributed by atoms with Crippen molar-refractivity contribution in [3.63, 3.8) is 0 Å². The molecule has 34 heavy (non-hydrogen) atoms. The first-order chi connectivity index (χ1) is 16.1. The summed E-state index contributed by atoms with van der Waals surface area (Å²) in [4.78, 5) is -0.0786. The van der Waals surface area contributed by atoms with Crippen molar-refractivity contribution in [1.82, 2.24) is 4.41 Å². The van der Waals surface area contributed by atoms with Crippen LogP contribution >= 0.6 is 0 Å². The zero-order chi connectivity index (χ0) is 24.5. The zero-order valence-corrected chi connectivity index (χ0v) is 20.0. The Balaban J connectivity index is 1.73. The molecule has 0 aliphatic carbocycles. The van der Waals surface area contributed by atoms with Crippen LogP contribution in [0.25, 0.3) is 0 Å². The van der Waals surface area contributed by atoms with Crippen molar-refractivity contribution >= 4 is 31.4 Å². The molecule has 0 radical (unpaired) electrons. The maximum atomic E-state index is 13.4. The Morgan fingerprint density at radius 1 is 0.941 bits per heavy atom. The van der Waals surface area contributed by atoms with E-state index in [1.54, 1.807) is 55.6 Å². The summed E-state index contributed by atoms with van der Waals surface area (Å²) < 4.78 is 71.8. The maximum absolute atomic E-state index is 13.4. The molecule has 0 unspecified atom stereocenters. The van der Waals surface area contributed by atoms with E-state index in [1.807, 2.05) is 0 Å². The first-order valence-corrected chi connectivity index (χ1v) is 13.5. The summed E-state index contributed by atoms with van der Waals surface area (Å²) in [6.45, 7) is 0. The van der Waals surface area contributed by atoms with Crippen molar-refractivity contribution in [3.05, 3.63) is 89.7 Å². The van der Waals surface area contributed by atoms with E-state index in [2.05, 4.69) is 9.82 Å². The molecule has 178 valence electrons. The molecule has 1 atom stereocenters. The Labute approximate surface area is 197 Å². The summed E-state index contributed by atoms with van der Waals surface area (Å²) in [5, 5.41) is 4.43. The Kier molecular flexibility index (Phi) is 6.32. The second-order valence-corrected chi connectivity index (χ2v) is 11.3. The van der Waals surface area contributed by atoms with Gasteiger partial charge in [0.05, 0.1) is 30.0 Å². The van der Waals surface area contributed by atoms with Crippen LogP contribution < -0.4 is 9.46 Å². The predicted molar refractivity (Wildman–Crippen MR) is 127 cm³/mol. The monoisotopic (exact) mass is 503 g/mol. The first-order valence-electron chi connectivity index (χ1n) is 10.2. The highest BCUT2D eigenvalue weighted by Gasteiger charge is 2.37. The van der Waals surface area contributed by atoms with Gasteiger partial charge in [-0.3, -0.25) is 4.72 Å². The van der Waals surface area contributed by atoms with Crippen LogP contribution in [0.4, 0.5) is 10.1 Å². The fourth-order valence-electron chi connectivity index (χ4n) is 3.62. The van der Waals surface area contributed by atoms with Crippen molar-refractivity contribution in [2.24, 2.45) is 5.10 Å². The van der Waals surface area contributed by atoms with E-state index < -0.39 is 31.9 Å². The fourth-order valence-corrected chi connectivity index (χ4v) is 5.62. The molecule has 8 nitrogen and oxygen atoms in total. The molecular formula is C23H22FN3O5S2. The number of hydrogen-bond acceptors (Lipinski definition) is 6. The third kappa shape index (κ3) is 5.05. The third-order valence-electron chi connectivity index (χ3n) is 5.25. The van der Waals surface area contributed by atoms with Gasteiger partial charge in [-0.15, -0.1) is 0 Å². The SMILES string of the molecule is COc1ccc([C@@H]2CC(c3ccc(NS(C)(=O)=O)cc3)=NN2S(=O)(=O)c2ccc(F)cc2)cc1. The molecule has 4 rings (SSSR count).